The summed E-state index contributed by atoms with van der Waals surface area (Å²) in [5, 5.41) is 10.1. The van der Waals surface area contributed by atoms with Crippen molar-refractivity contribution in [3.8, 4) is 11.3 Å². The summed E-state index contributed by atoms with van der Waals surface area (Å²) in [5.41, 5.74) is 3.36. The van der Waals surface area contributed by atoms with Gasteiger partial charge in [0, 0.05) is 61.0 Å². The summed E-state index contributed by atoms with van der Waals surface area (Å²) < 4.78 is 101. The summed E-state index contributed by atoms with van der Waals surface area (Å²) >= 11 is 0. The number of aliphatic carboxylic acids is 1. The molecule has 4 rings (SSSR count). The van der Waals surface area contributed by atoms with E-state index < -0.39 is 21.5 Å². The summed E-state index contributed by atoms with van der Waals surface area (Å²) in [6.45, 7) is 20.8. The zero-order valence-electron chi connectivity index (χ0n) is 45.3. The number of hydrogen-bond acceptors (Lipinski definition) is 16. The predicted molar refractivity (Wildman–Crippen MR) is 277 cm³/mol. The monoisotopic (exact) mass is 1070 g/mol. The number of benzene rings is 2. The Morgan fingerprint density at radius 1 is 0.703 bits per heavy atom. The first-order chi connectivity index (χ1) is 35.1. The van der Waals surface area contributed by atoms with E-state index in [0.717, 1.165) is 45.6 Å². The van der Waals surface area contributed by atoms with Crippen LogP contribution in [0.4, 0.5) is 5.69 Å². The van der Waals surface area contributed by atoms with Crippen molar-refractivity contribution < 1.29 is 104 Å². The zero-order valence-corrected chi connectivity index (χ0v) is 48.1. The first-order valence-corrected chi connectivity index (χ1v) is 26.7. The van der Waals surface area contributed by atoms with Crippen molar-refractivity contribution in [2.24, 2.45) is 0 Å². The van der Waals surface area contributed by atoms with Gasteiger partial charge in [-0.25, -0.2) is 13.0 Å². The fraction of sp³-hybridized carbons (Fsp3) is 0.630. The van der Waals surface area contributed by atoms with Crippen LogP contribution in [0.1, 0.15) is 77.2 Å². The van der Waals surface area contributed by atoms with E-state index in [1.54, 1.807) is 20.3 Å². The molecule has 1 N–H and O–H groups in total. The molecular formula is C54H82N2NaO16S+. The van der Waals surface area contributed by atoms with Crippen molar-refractivity contribution in [2.75, 3.05) is 158 Å². The van der Waals surface area contributed by atoms with Crippen LogP contribution in [0.15, 0.2) is 69.6 Å². The van der Waals surface area contributed by atoms with E-state index >= 15 is 0 Å². The smallest absolute Gasteiger partial charge is 0.744 e. The zero-order chi connectivity index (χ0) is 53.0. The Balaban J connectivity index is 0.0000144. The van der Waals surface area contributed by atoms with Crippen LogP contribution in [-0.4, -0.2) is 177 Å². The number of anilines is 1. The molecule has 1 aliphatic carbocycles. The predicted octanol–water partition coefficient (Wildman–Crippen LogP) is 3.13. The molecular weight excluding hydrogens is 988 g/mol. The van der Waals surface area contributed by atoms with E-state index in [4.69, 9.17) is 51.8 Å². The second-order valence-corrected chi connectivity index (χ2v) is 20.3. The molecule has 0 spiro atoms. The van der Waals surface area contributed by atoms with E-state index in [1.165, 1.54) is 12.1 Å². The first kappa shape index (κ1) is 65.2. The maximum atomic E-state index is 12.1. The molecule has 0 aromatic heterocycles. The molecule has 0 saturated carbocycles. The molecule has 410 valence electrons. The van der Waals surface area contributed by atoms with Gasteiger partial charge >= 0.3 is 35.5 Å². The number of nitrogens with zero attached hydrogens (tertiary/aromatic N) is 2. The molecule has 0 bridgehead atoms. The number of carboxylic acid groups (broad SMARTS) is 1. The Labute approximate surface area is 461 Å². The van der Waals surface area contributed by atoms with Gasteiger partial charge in [-0.1, -0.05) is 53.2 Å². The van der Waals surface area contributed by atoms with Crippen molar-refractivity contribution in [1.29, 1.82) is 0 Å². The van der Waals surface area contributed by atoms with Crippen LogP contribution < -0.4 is 44.4 Å². The Bertz CT molecular complexity index is 2260. The van der Waals surface area contributed by atoms with Crippen LogP contribution in [0.25, 0.3) is 17.4 Å². The number of carbonyl (C=O) groups is 1. The van der Waals surface area contributed by atoms with Crippen LogP contribution in [0.3, 0.4) is 0 Å². The van der Waals surface area contributed by atoms with Crippen molar-refractivity contribution in [2.45, 2.75) is 76.0 Å². The van der Waals surface area contributed by atoms with Crippen LogP contribution in [0.2, 0.25) is 0 Å². The number of methoxy groups -OCH3 is 2. The van der Waals surface area contributed by atoms with E-state index in [0.29, 0.717) is 157 Å². The van der Waals surface area contributed by atoms with Crippen molar-refractivity contribution in [1.82, 2.24) is 4.58 Å². The molecule has 0 saturated heterocycles. The number of rotatable bonds is 39. The molecule has 0 amide bonds. The molecule has 20 heteroatoms. The summed E-state index contributed by atoms with van der Waals surface area (Å²) in [6.07, 6.45) is 8.16. The molecule has 0 radical (unpaired) electrons. The topological polar surface area (TPSA) is 206 Å². The van der Waals surface area contributed by atoms with Crippen molar-refractivity contribution in [3.05, 3.63) is 82.6 Å². The Morgan fingerprint density at radius 2 is 1.20 bits per heavy atom. The number of ether oxygens (including phenoxy) is 10. The van der Waals surface area contributed by atoms with E-state index in [9.17, 15) is 22.9 Å². The van der Waals surface area contributed by atoms with Gasteiger partial charge in [0.05, 0.1) is 117 Å². The normalized spacial score (nSPS) is 14.1. The van der Waals surface area contributed by atoms with Gasteiger partial charge in [-0.15, -0.1) is 0 Å². The van der Waals surface area contributed by atoms with Gasteiger partial charge in [0.25, 0.3) is 0 Å². The SMILES string of the molecule is COCCOCCOCCOCCOCC[N+](CCOCCOCCOCCOCCOC)=c1ccc2c(/C=C/C=C3/N(CCCCCC(=O)O)c4ccc(S(=O)(=O)[O-])cc4C3(C)C)cc(C(C)(C)C)oc-2c1.[Na+]. The molecule has 0 unspecified atom stereocenters. The third kappa shape index (κ3) is 23.3. The fourth-order valence-corrected chi connectivity index (χ4v) is 8.45. The van der Waals surface area contributed by atoms with E-state index in [-0.39, 0.29) is 46.3 Å². The van der Waals surface area contributed by atoms with Gasteiger partial charge in [-0.05, 0) is 60.4 Å². The summed E-state index contributed by atoms with van der Waals surface area (Å²) in [4.78, 5) is 13.1. The molecule has 2 aliphatic heterocycles. The minimum Gasteiger partial charge on any atom is -0.744 e. The second-order valence-electron chi connectivity index (χ2n) is 18.9. The Kier molecular flexibility index (Phi) is 31.1. The molecule has 18 nitrogen and oxygen atoms in total. The summed E-state index contributed by atoms with van der Waals surface area (Å²) in [6, 6.07) is 12.8. The average Bonchev–Trinajstić information content (AvgIpc) is 3.56. The second kappa shape index (κ2) is 35.3. The van der Waals surface area contributed by atoms with Crippen LogP contribution in [0, 0.1) is 0 Å². The molecule has 3 aliphatic rings. The average molecular weight is 1070 g/mol. The van der Waals surface area contributed by atoms with Gasteiger partial charge < -0.3 is 66.3 Å². The van der Waals surface area contributed by atoms with Crippen LogP contribution >= 0.6 is 0 Å². The number of allylic oxidation sites excluding steroid dienone is 3. The third-order valence-electron chi connectivity index (χ3n) is 11.9. The summed E-state index contributed by atoms with van der Waals surface area (Å²) in [5.74, 6) is 0.679. The number of carboxylic acids is 1. The largest absolute Gasteiger partial charge is 1.00 e. The van der Waals surface area contributed by atoms with Crippen LogP contribution in [0.5, 0.6) is 0 Å². The van der Waals surface area contributed by atoms with Gasteiger partial charge in [0.1, 0.15) is 34.9 Å². The number of fused-ring (bicyclic) bond motifs is 2. The van der Waals surface area contributed by atoms with Gasteiger partial charge in [0.15, 0.2) is 13.1 Å². The van der Waals surface area contributed by atoms with Gasteiger partial charge in [-0.2, -0.15) is 0 Å². The third-order valence-corrected chi connectivity index (χ3v) is 12.8. The Hall–Kier alpha value is -3.09. The van der Waals surface area contributed by atoms with E-state index in [1.807, 2.05) is 26.0 Å². The minimum absolute atomic E-state index is 0. The molecule has 1 aromatic rings. The fourth-order valence-electron chi connectivity index (χ4n) is 7.95. The molecule has 2 heterocycles. The standard InChI is InChI=1S/C54H82N2O16S.Na/c1-53(2,3)51-40-43(12-11-13-50-54(4,5)47-42-45(73(59,60)61)16-18-48(47)56(50)19-10-8-9-14-52(57)58)46-17-15-44(41-49(46)72-51)55(20-22-64-28-30-68-36-38-70-34-32-66-26-24-62-6)21-23-65-29-31-69-37-39-71-35-33-67-27-25-63-7;/h11-13,15-18,40-42H,8-10,14,19-39H2,1-7H3,(H-,57,58,59,60,61);/q;+1. The minimum atomic E-state index is -4.68. The molecule has 0 fully saturated rings. The van der Waals surface area contributed by atoms with Crippen molar-refractivity contribution >= 4 is 27.9 Å². The maximum Gasteiger partial charge on any atom is 1.00 e. The first-order valence-electron chi connectivity index (χ1n) is 25.3. The number of hydrogen-bond donors (Lipinski definition) is 1. The summed E-state index contributed by atoms with van der Waals surface area (Å²) in [7, 11) is -1.40. The van der Waals surface area contributed by atoms with Crippen LogP contribution in [-0.2, 0) is 73.1 Å². The number of unbranched alkanes of at least 4 members (excludes halogenated alkanes) is 2. The Morgan fingerprint density at radius 3 is 1.68 bits per heavy atom. The van der Waals surface area contributed by atoms with Gasteiger partial charge in [0.2, 0.25) is 5.36 Å². The van der Waals surface area contributed by atoms with E-state index in [2.05, 4.69) is 60.6 Å². The molecule has 1 aromatic carbocycles. The van der Waals surface area contributed by atoms with Crippen molar-refractivity contribution in [3.63, 3.8) is 0 Å². The maximum absolute atomic E-state index is 12.1. The van der Waals surface area contributed by atoms with Gasteiger partial charge in [-0.3, -0.25) is 4.79 Å². The molecule has 74 heavy (non-hydrogen) atoms. The quantitative estimate of drug-likeness (QED) is 0.0377. The molecule has 0 atom stereocenters.